The van der Waals surface area contributed by atoms with Crippen molar-refractivity contribution in [3.63, 3.8) is 0 Å². The summed E-state index contributed by atoms with van der Waals surface area (Å²) in [5.74, 6) is 0.606. The fourth-order valence-corrected chi connectivity index (χ4v) is 3.21. The van der Waals surface area contributed by atoms with Crippen molar-refractivity contribution < 1.29 is 0 Å². The molecule has 2 atom stereocenters. The molecule has 1 aromatic rings. The third-order valence-electron chi connectivity index (χ3n) is 3.90. The first-order valence-corrected chi connectivity index (χ1v) is 6.60. The zero-order valence-electron chi connectivity index (χ0n) is 11.2. The van der Waals surface area contributed by atoms with Crippen molar-refractivity contribution in [2.75, 3.05) is 20.1 Å². The Balaban J connectivity index is 2.34. The Morgan fingerprint density at radius 3 is 2.47 bits per heavy atom. The Labute approximate surface area is 105 Å². The number of likely N-dealkylation sites (tertiary alicyclic amines) is 1. The molecule has 0 radical (unpaired) electrons. The molecule has 17 heavy (non-hydrogen) atoms. The maximum absolute atomic E-state index is 5.94. The summed E-state index contributed by atoms with van der Waals surface area (Å²) in [5, 5.41) is 0. The quantitative estimate of drug-likeness (QED) is 0.849. The van der Waals surface area contributed by atoms with Crippen LogP contribution in [0.4, 0.5) is 0 Å². The van der Waals surface area contributed by atoms with Crippen molar-refractivity contribution in [3.05, 3.63) is 34.9 Å². The summed E-state index contributed by atoms with van der Waals surface area (Å²) in [6.45, 7) is 6.34. The molecule has 0 unspecified atom stereocenters. The first kappa shape index (κ1) is 12.6. The van der Waals surface area contributed by atoms with Gasteiger partial charge in [0, 0.05) is 6.04 Å². The van der Waals surface area contributed by atoms with Crippen molar-refractivity contribution in [1.82, 2.24) is 4.90 Å². The molecule has 1 heterocycles. The molecule has 1 aromatic carbocycles. The molecule has 2 heteroatoms. The fourth-order valence-electron chi connectivity index (χ4n) is 3.21. The number of piperidine rings is 1. The van der Waals surface area contributed by atoms with Crippen LogP contribution < -0.4 is 5.73 Å². The van der Waals surface area contributed by atoms with Crippen LogP contribution in [0, 0.1) is 19.8 Å². The Hall–Kier alpha value is -0.860. The highest BCUT2D eigenvalue weighted by Crippen LogP contribution is 2.35. The molecule has 1 aliphatic heterocycles. The smallest absolute Gasteiger partial charge is 0.0385 e. The van der Waals surface area contributed by atoms with Crippen LogP contribution in [0.25, 0.3) is 0 Å². The largest absolute Gasteiger partial charge is 0.330 e. The fraction of sp³-hybridized carbons (Fsp3) is 0.600. The number of aryl methyl sites for hydroxylation is 2. The van der Waals surface area contributed by atoms with Gasteiger partial charge in [-0.1, -0.05) is 29.3 Å². The van der Waals surface area contributed by atoms with Gasteiger partial charge in [0.1, 0.15) is 0 Å². The van der Waals surface area contributed by atoms with E-state index in [9.17, 15) is 0 Å². The Bertz CT molecular complexity index is 366. The molecule has 94 valence electrons. The van der Waals surface area contributed by atoms with E-state index in [2.05, 4.69) is 44.0 Å². The second kappa shape index (κ2) is 5.19. The Morgan fingerprint density at radius 1 is 1.24 bits per heavy atom. The summed E-state index contributed by atoms with van der Waals surface area (Å²) in [7, 11) is 2.23. The van der Waals surface area contributed by atoms with Crippen molar-refractivity contribution in [1.29, 1.82) is 0 Å². The molecule has 2 N–H and O–H groups in total. The van der Waals surface area contributed by atoms with Gasteiger partial charge in [0.25, 0.3) is 0 Å². The summed E-state index contributed by atoms with van der Waals surface area (Å²) in [6, 6.07) is 7.39. The van der Waals surface area contributed by atoms with E-state index in [0.29, 0.717) is 12.0 Å². The summed E-state index contributed by atoms with van der Waals surface area (Å²) in [6.07, 6.45) is 2.54. The number of rotatable bonds is 2. The number of hydrogen-bond donors (Lipinski definition) is 1. The van der Waals surface area contributed by atoms with Gasteiger partial charge in [-0.3, -0.25) is 4.90 Å². The number of nitrogens with zero attached hydrogens (tertiary/aromatic N) is 1. The first-order chi connectivity index (χ1) is 8.11. The molecule has 1 fully saturated rings. The van der Waals surface area contributed by atoms with E-state index in [1.807, 2.05) is 0 Å². The van der Waals surface area contributed by atoms with Crippen LogP contribution in [0.2, 0.25) is 0 Å². The Kier molecular flexibility index (Phi) is 3.85. The third-order valence-corrected chi connectivity index (χ3v) is 3.90. The van der Waals surface area contributed by atoms with Gasteiger partial charge < -0.3 is 5.73 Å². The summed E-state index contributed by atoms with van der Waals surface area (Å²) < 4.78 is 0. The lowest BCUT2D eigenvalue weighted by molar-refractivity contribution is 0.125. The lowest BCUT2D eigenvalue weighted by atomic mass is 9.84. The minimum atomic E-state index is 0.507. The van der Waals surface area contributed by atoms with Crippen LogP contribution in [0.1, 0.15) is 35.6 Å². The van der Waals surface area contributed by atoms with Crippen molar-refractivity contribution in [3.8, 4) is 0 Å². The molecule has 0 bridgehead atoms. The molecule has 0 amide bonds. The van der Waals surface area contributed by atoms with Crippen molar-refractivity contribution in [2.24, 2.45) is 11.7 Å². The van der Waals surface area contributed by atoms with Gasteiger partial charge in [-0.2, -0.15) is 0 Å². The molecule has 2 rings (SSSR count). The highest BCUT2D eigenvalue weighted by Gasteiger charge is 2.29. The predicted octanol–water partition coefficient (Wildman–Crippen LogP) is 2.65. The molecule has 1 saturated heterocycles. The van der Waals surface area contributed by atoms with E-state index >= 15 is 0 Å². The predicted molar refractivity (Wildman–Crippen MR) is 73.1 cm³/mol. The molecular formula is C15H24N2. The number of hydrogen-bond acceptors (Lipinski definition) is 2. The van der Waals surface area contributed by atoms with Crippen molar-refractivity contribution in [2.45, 2.75) is 32.7 Å². The zero-order chi connectivity index (χ0) is 12.4. The van der Waals surface area contributed by atoms with E-state index in [4.69, 9.17) is 5.73 Å². The molecule has 0 saturated carbocycles. The van der Waals surface area contributed by atoms with E-state index in [-0.39, 0.29) is 0 Å². The van der Waals surface area contributed by atoms with Crippen LogP contribution in [0.3, 0.4) is 0 Å². The number of nitrogens with two attached hydrogens (primary N) is 1. The molecule has 0 spiro atoms. The van der Waals surface area contributed by atoms with Crippen LogP contribution in [0.5, 0.6) is 0 Å². The average molecular weight is 232 g/mol. The monoisotopic (exact) mass is 232 g/mol. The van der Waals surface area contributed by atoms with Gasteiger partial charge in [0.05, 0.1) is 0 Å². The first-order valence-electron chi connectivity index (χ1n) is 6.60. The third kappa shape index (κ3) is 2.70. The van der Waals surface area contributed by atoms with E-state index < -0.39 is 0 Å². The van der Waals surface area contributed by atoms with Gasteiger partial charge in [-0.15, -0.1) is 0 Å². The zero-order valence-corrected chi connectivity index (χ0v) is 11.2. The number of benzene rings is 1. The highest BCUT2D eigenvalue weighted by molar-refractivity contribution is 5.31. The topological polar surface area (TPSA) is 29.3 Å². The van der Waals surface area contributed by atoms with Gasteiger partial charge in [0.15, 0.2) is 0 Å². The van der Waals surface area contributed by atoms with Gasteiger partial charge >= 0.3 is 0 Å². The van der Waals surface area contributed by atoms with E-state index in [0.717, 1.165) is 6.54 Å². The van der Waals surface area contributed by atoms with Gasteiger partial charge in [0.2, 0.25) is 0 Å². The van der Waals surface area contributed by atoms with Crippen molar-refractivity contribution >= 4 is 0 Å². The van der Waals surface area contributed by atoms with Gasteiger partial charge in [-0.05, 0) is 58.3 Å². The second-order valence-electron chi connectivity index (χ2n) is 5.48. The minimum Gasteiger partial charge on any atom is -0.330 e. The highest BCUT2D eigenvalue weighted by atomic mass is 15.1. The minimum absolute atomic E-state index is 0.507. The molecule has 0 aliphatic carbocycles. The summed E-state index contributed by atoms with van der Waals surface area (Å²) in [4.78, 5) is 2.47. The van der Waals surface area contributed by atoms with Crippen LogP contribution in [-0.2, 0) is 0 Å². The molecular weight excluding hydrogens is 208 g/mol. The summed E-state index contributed by atoms with van der Waals surface area (Å²) in [5.41, 5.74) is 10.1. The average Bonchev–Trinajstić information content (AvgIpc) is 2.27. The van der Waals surface area contributed by atoms with Crippen LogP contribution >= 0.6 is 0 Å². The Morgan fingerprint density at radius 2 is 1.88 bits per heavy atom. The molecule has 0 aromatic heterocycles. The second-order valence-corrected chi connectivity index (χ2v) is 5.48. The lowest BCUT2D eigenvalue weighted by Gasteiger charge is -2.39. The van der Waals surface area contributed by atoms with Gasteiger partial charge in [-0.25, -0.2) is 0 Å². The lowest BCUT2D eigenvalue weighted by Crippen LogP contribution is -2.39. The normalized spacial score (nSPS) is 26.1. The molecule has 1 aliphatic rings. The summed E-state index contributed by atoms with van der Waals surface area (Å²) >= 11 is 0. The van der Waals surface area contributed by atoms with Crippen LogP contribution in [0.15, 0.2) is 18.2 Å². The van der Waals surface area contributed by atoms with Crippen LogP contribution in [-0.4, -0.2) is 25.0 Å². The van der Waals surface area contributed by atoms with E-state index in [1.54, 1.807) is 0 Å². The standard InChI is InChI=1S/C15H24N2/c1-11-7-12(2)9-14(8-11)15-13(10-16)5-4-6-17(15)3/h7-9,13,15H,4-6,10,16H2,1-3H3/t13-,15+/m1/s1. The maximum atomic E-state index is 5.94. The molecule has 2 nitrogen and oxygen atoms in total. The van der Waals surface area contributed by atoms with E-state index in [1.165, 1.54) is 36.1 Å². The maximum Gasteiger partial charge on any atom is 0.0385 e. The SMILES string of the molecule is Cc1cc(C)cc([C@@H]2[C@@H](CN)CCCN2C)c1.